The van der Waals surface area contributed by atoms with Crippen LogP contribution in [0, 0.1) is 12.7 Å². The van der Waals surface area contributed by atoms with Crippen molar-refractivity contribution in [1.29, 1.82) is 0 Å². The Labute approximate surface area is 76.7 Å². The zero-order valence-corrected chi connectivity index (χ0v) is 7.02. The van der Waals surface area contributed by atoms with Gasteiger partial charge in [-0.3, -0.25) is 0 Å². The second kappa shape index (κ2) is 3.36. The van der Waals surface area contributed by atoms with E-state index in [1.165, 1.54) is 0 Å². The topological polar surface area (TPSA) is 29.5 Å². The van der Waals surface area contributed by atoms with Crippen LogP contribution >= 0.6 is 0 Å². The van der Waals surface area contributed by atoms with Crippen molar-refractivity contribution in [2.45, 2.75) is 13.3 Å². The van der Waals surface area contributed by atoms with Gasteiger partial charge in [0.2, 0.25) is 0 Å². The maximum atomic E-state index is 13.0. The van der Waals surface area contributed by atoms with Crippen molar-refractivity contribution in [2.75, 3.05) is 0 Å². The van der Waals surface area contributed by atoms with Crippen LogP contribution in [0.1, 0.15) is 5.56 Å². The van der Waals surface area contributed by atoms with Gasteiger partial charge in [-0.2, -0.15) is 0 Å². The molecule has 0 aromatic heterocycles. The van der Waals surface area contributed by atoms with Crippen LogP contribution in [0.2, 0.25) is 0 Å². The van der Waals surface area contributed by atoms with Crippen molar-refractivity contribution in [3.8, 4) is 11.5 Å². The minimum Gasteiger partial charge on any atom is -0.508 e. The first kappa shape index (κ1) is 10.6. The summed E-state index contributed by atoms with van der Waals surface area (Å²) < 4.78 is 51.5. The van der Waals surface area contributed by atoms with Gasteiger partial charge < -0.3 is 9.84 Å². The van der Waals surface area contributed by atoms with Gasteiger partial charge in [0.15, 0.2) is 11.6 Å². The van der Waals surface area contributed by atoms with Crippen LogP contribution in [0.25, 0.3) is 0 Å². The lowest BCUT2D eigenvalue weighted by Crippen LogP contribution is -2.18. The second-order valence-electron chi connectivity index (χ2n) is 2.57. The van der Waals surface area contributed by atoms with Crippen molar-refractivity contribution in [2.24, 2.45) is 0 Å². The summed E-state index contributed by atoms with van der Waals surface area (Å²) in [5.41, 5.74) is -0.285. The Morgan fingerprint density at radius 3 is 2.36 bits per heavy atom. The van der Waals surface area contributed by atoms with Crippen LogP contribution in [0.15, 0.2) is 12.1 Å². The van der Waals surface area contributed by atoms with Gasteiger partial charge in [0.25, 0.3) is 0 Å². The molecule has 2 nitrogen and oxygen atoms in total. The molecular weight excluding hydrogens is 204 g/mol. The highest BCUT2D eigenvalue weighted by atomic mass is 19.4. The number of hydrogen-bond acceptors (Lipinski definition) is 2. The molecule has 0 amide bonds. The van der Waals surface area contributed by atoms with Crippen LogP contribution in [0.4, 0.5) is 17.6 Å². The SMILES string of the molecule is Cc1c(O)ccc(OC(F)(F)F)c1F. The monoisotopic (exact) mass is 210 g/mol. The number of halogens is 4. The molecule has 0 aliphatic carbocycles. The molecule has 0 saturated heterocycles. The van der Waals surface area contributed by atoms with Gasteiger partial charge in [0.1, 0.15) is 5.75 Å². The van der Waals surface area contributed by atoms with Crippen molar-refractivity contribution in [3.05, 3.63) is 23.5 Å². The first-order chi connectivity index (χ1) is 6.31. The van der Waals surface area contributed by atoms with Crippen molar-refractivity contribution in [3.63, 3.8) is 0 Å². The summed E-state index contributed by atoms with van der Waals surface area (Å²) >= 11 is 0. The molecule has 6 heteroatoms. The summed E-state index contributed by atoms with van der Waals surface area (Å²) in [6, 6.07) is 1.64. The number of aromatic hydroxyl groups is 1. The molecule has 0 aliphatic heterocycles. The molecular formula is C8H6F4O2. The number of phenolic OH excluding ortho intramolecular Hbond substituents is 1. The van der Waals surface area contributed by atoms with Crippen molar-refractivity contribution < 1.29 is 27.4 Å². The average molecular weight is 210 g/mol. The van der Waals surface area contributed by atoms with E-state index in [0.29, 0.717) is 6.07 Å². The van der Waals surface area contributed by atoms with Gasteiger partial charge in [0, 0.05) is 5.56 Å². The highest BCUT2D eigenvalue weighted by Crippen LogP contribution is 2.30. The minimum atomic E-state index is -4.94. The largest absolute Gasteiger partial charge is 0.573 e. The first-order valence-corrected chi connectivity index (χ1v) is 3.55. The molecule has 0 heterocycles. The lowest BCUT2D eigenvalue weighted by Gasteiger charge is -2.11. The maximum Gasteiger partial charge on any atom is 0.573 e. The fourth-order valence-electron chi connectivity index (χ4n) is 0.854. The molecule has 0 aliphatic rings. The number of alkyl halides is 3. The highest BCUT2D eigenvalue weighted by molar-refractivity contribution is 5.40. The molecule has 78 valence electrons. The highest BCUT2D eigenvalue weighted by Gasteiger charge is 2.32. The van der Waals surface area contributed by atoms with E-state index < -0.39 is 23.7 Å². The van der Waals surface area contributed by atoms with Gasteiger partial charge in [0.05, 0.1) is 0 Å². The lowest BCUT2D eigenvalue weighted by molar-refractivity contribution is -0.275. The Kier molecular flexibility index (Phi) is 2.55. The third kappa shape index (κ3) is 2.27. The molecule has 1 N–H and O–H groups in total. The Bertz CT molecular complexity index is 346. The molecule has 0 spiro atoms. The Morgan fingerprint density at radius 2 is 1.86 bits per heavy atom. The zero-order chi connectivity index (χ0) is 10.9. The third-order valence-electron chi connectivity index (χ3n) is 1.55. The molecule has 1 aromatic carbocycles. The molecule has 14 heavy (non-hydrogen) atoms. The van der Waals surface area contributed by atoms with Crippen LogP contribution < -0.4 is 4.74 Å². The van der Waals surface area contributed by atoms with Gasteiger partial charge in [-0.1, -0.05) is 0 Å². The number of phenols is 1. The van der Waals surface area contributed by atoms with E-state index in [1.54, 1.807) is 0 Å². The molecule has 1 aromatic rings. The van der Waals surface area contributed by atoms with Crippen molar-refractivity contribution >= 4 is 0 Å². The maximum absolute atomic E-state index is 13.0. The smallest absolute Gasteiger partial charge is 0.508 e. The summed E-state index contributed by atoms with van der Waals surface area (Å²) in [6.45, 7) is 1.15. The Morgan fingerprint density at radius 1 is 1.29 bits per heavy atom. The minimum absolute atomic E-state index is 0.285. The molecule has 0 atom stereocenters. The number of rotatable bonds is 1. The quantitative estimate of drug-likeness (QED) is 0.722. The van der Waals surface area contributed by atoms with E-state index in [4.69, 9.17) is 5.11 Å². The van der Waals surface area contributed by atoms with E-state index in [-0.39, 0.29) is 5.56 Å². The fraction of sp³-hybridized carbons (Fsp3) is 0.250. The summed E-state index contributed by atoms with van der Waals surface area (Å²) in [4.78, 5) is 0. The van der Waals surface area contributed by atoms with Gasteiger partial charge >= 0.3 is 6.36 Å². The predicted octanol–water partition coefficient (Wildman–Crippen LogP) is 2.74. The molecule has 1 rings (SSSR count). The summed E-state index contributed by atoms with van der Waals surface area (Å²) in [5, 5.41) is 8.95. The summed E-state index contributed by atoms with van der Waals surface area (Å²) in [6.07, 6.45) is -4.94. The summed E-state index contributed by atoms with van der Waals surface area (Å²) in [7, 11) is 0. The number of hydrogen-bond donors (Lipinski definition) is 1. The Balaban J connectivity index is 3.06. The molecule has 0 bridgehead atoms. The van der Waals surface area contributed by atoms with Gasteiger partial charge in [-0.05, 0) is 19.1 Å². The summed E-state index contributed by atoms with van der Waals surface area (Å²) in [5.74, 6) is -2.59. The fourth-order valence-corrected chi connectivity index (χ4v) is 0.854. The predicted molar refractivity (Wildman–Crippen MR) is 39.5 cm³/mol. The molecule has 0 fully saturated rings. The van der Waals surface area contributed by atoms with Crippen LogP contribution in [0.5, 0.6) is 11.5 Å². The molecule has 0 saturated carbocycles. The van der Waals surface area contributed by atoms with Gasteiger partial charge in [-0.15, -0.1) is 13.2 Å². The van der Waals surface area contributed by atoms with E-state index in [1.807, 2.05) is 0 Å². The third-order valence-corrected chi connectivity index (χ3v) is 1.55. The number of ether oxygens (including phenoxy) is 1. The van der Waals surface area contributed by atoms with E-state index in [9.17, 15) is 17.6 Å². The standard InChI is InChI=1S/C8H6F4O2/c1-4-5(13)2-3-6(7(4)9)14-8(10,11)12/h2-3,13H,1H3. The normalized spacial score (nSPS) is 11.5. The second-order valence-corrected chi connectivity index (χ2v) is 2.57. The Hall–Kier alpha value is -1.46. The molecule has 0 radical (unpaired) electrons. The van der Waals surface area contributed by atoms with Crippen LogP contribution in [-0.2, 0) is 0 Å². The van der Waals surface area contributed by atoms with Crippen LogP contribution in [-0.4, -0.2) is 11.5 Å². The first-order valence-electron chi connectivity index (χ1n) is 3.55. The number of benzene rings is 1. The van der Waals surface area contributed by atoms with E-state index in [0.717, 1.165) is 13.0 Å². The zero-order valence-electron chi connectivity index (χ0n) is 7.02. The van der Waals surface area contributed by atoms with E-state index >= 15 is 0 Å². The lowest BCUT2D eigenvalue weighted by atomic mass is 10.2. The average Bonchev–Trinajstić information content (AvgIpc) is 2.04. The van der Waals surface area contributed by atoms with Crippen LogP contribution in [0.3, 0.4) is 0 Å². The molecule has 0 unspecified atom stereocenters. The van der Waals surface area contributed by atoms with E-state index in [2.05, 4.69) is 4.74 Å². The van der Waals surface area contributed by atoms with Gasteiger partial charge in [-0.25, -0.2) is 4.39 Å². The van der Waals surface area contributed by atoms with Crippen molar-refractivity contribution in [1.82, 2.24) is 0 Å².